The van der Waals surface area contributed by atoms with Crippen LogP contribution in [0.4, 0.5) is 11.6 Å². The number of ether oxygens (including phenoxy) is 1. The molecule has 0 bridgehead atoms. The summed E-state index contributed by atoms with van der Waals surface area (Å²) in [5.74, 6) is 1.53. The molecule has 2 rings (SSSR count). The van der Waals surface area contributed by atoms with Crippen molar-refractivity contribution in [3.63, 3.8) is 0 Å². The lowest BCUT2D eigenvalue weighted by molar-refractivity contribution is 0.397. The fraction of sp³-hybridized carbons (Fsp3) is 0.231. The van der Waals surface area contributed by atoms with Gasteiger partial charge in [-0.15, -0.1) is 11.6 Å². The van der Waals surface area contributed by atoms with E-state index in [2.05, 4.69) is 15.3 Å². The van der Waals surface area contributed by atoms with E-state index in [0.717, 1.165) is 16.9 Å². The average molecular weight is 264 g/mol. The number of alkyl halides is 1. The van der Waals surface area contributed by atoms with Crippen LogP contribution in [0.1, 0.15) is 11.3 Å². The molecule has 0 aliphatic heterocycles. The zero-order valence-electron chi connectivity index (χ0n) is 10.3. The van der Waals surface area contributed by atoms with Crippen molar-refractivity contribution >= 4 is 23.2 Å². The van der Waals surface area contributed by atoms with Crippen molar-refractivity contribution in [1.29, 1.82) is 0 Å². The normalized spacial score (nSPS) is 10.2. The summed E-state index contributed by atoms with van der Waals surface area (Å²) in [5, 5.41) is 3.13. The van der Waals surface area contributed by atoms with Gasteiger partial charge in [-0.05, 0) is 24.6 Å². The maximum Gasteiger partial charge on any atom is 0.230 e. The van der Waals surface area contributed by atoms with E-state index in [9.17, 15) is 0 Å². The number of aromatic nitrogens is 2. The first-order valence-electron chi connectivity index (χ1n) is 5.53. The van der Waals surface area contributed by atoms with Gasteiger partial charge in [-0.2, -0.15) is 4.98 Å². The summed E-state index contributed by atoms with van der Waals surface area (Å²) in [6, 6.07) is 9.59. The Morgan fingerprint density at radius 1 is 1.28 bits per heavy atom. The Morgan fingerprint density at radius 3 is 2.83 bits per heavy atom. The maximum absolute atomic E-state index is 5.80. The van der Waals surface area contributed by atoms with Crippen LogP contribution in [-0.2, 0) is 5.88 Å². The number of benzene rings is 1. The third-order valence-electron chi connectivity index (χ3n) is 2.38. The second kappa shape index (κ2) is 5.69. The summed E-state index contributed by atoms with van der Waals surface area (Å²) >= 11 is 5.80. The van der Waals surface area contributed by atoms with Gasteiger partial charge < -0.3 is 10.1 Å². The predicted molar refractivity (Wildman–Crippen MR) is 72.6 cm³/mol. The Balaban J connectivity index is 2.24. The highest BCUT2D eigenvalue weighted by Gasteiger charge is 2.03. The lowest BCUT2D eigenvalue weighted by Gasteiger charge is -2.08. The molecule has 0 aliphatic carbocycles. The van der Waals surface area contributed by atoms with Crippen molar-refractivity contribution in [1.82, 2.24) is 9.97 Å². The summed E-state index contributed by atoms with van der Waals surface area (Å²) in [6.07, 6.45) is 0. The molecule has 5 heteroatoms. The van der Waals surface area contributed by atoms with Crippen LogP contribution >= 0.6 is 11.6 Å². The average Bonchev–Trinajstić information content (AvgIpc) is 2.38. The Morgan fingerprint density at radius 2 is 2.11 bits per heavy atom. The molecule has 0 spiro atoms. The summed E-state index contributed by atoms with van der Waals surface area (Å²) in [6.45, 7) is 1.89. The molecule has 1 N–H and O–H groups in total. The standard InChI is InChI=1S/C13H14ClN3O/c1-9-6-12(18-2)17-13(15-9)16-11-5-3-4-10(7-11)8-14/h3-7H,8H2,1-2H3,(H,15,16,17). The molecule has 1 aromatic carbocycles. The van der Waals surface area contributed by atoms with E-state index in [0.29, 0.717) is 17.7 Å². The first-order valence-corrected chi connectivity index (χ1v) is 6.06. The quantitative estimate of drug-likeness (QED) is 0.860. The number of rotatable bonds is 4. The van der Waals surface area contributed by atoms with Crippen molar-refractivity contribution in [3.05, 3.63) is 41.6 Å². The first kappa shape index (κ1) is 12.6. The minimum atomic E-state index is 0.480. The molecular weight excluding hydrogens is 250 g/mol. The SMILES string of the molecule is COc1cc(C)nc(Nc2cccc(CCl)c2)n1. The fourth-order valence-corrected chi connectivity index (χ4v) is 1.73. The topological polar surface area (TPSA) is 47.0 Å². The molecule has 0 amide bonds. The highest BCUT2D eigenvalue weighted by atomic mass is 35.5. The zero-order valence-corrected chi connectivity index (χ0v) is 11.0. The van der Waals surface area contributed by atoms with Crippen molar-refractivity contribution in [2.75, 3.05) is 12.4 Å². The van der Waals surface area contributed by atoms with Crippen LogP contribution in [0, 0.1) is 6.92 Å². The Kier molecular flexibility index (Phi) is 3.99. The minimum absolute atomic E-state index is 0.480. The van der Waals surface area contributed by atoms with Crippen molar-refractivity contribution < 1.29 is 4.74 Å². The van der Waals surface area contributed by atoms with Gasteiger partial charge in [0.25, 0.3) is 0 Å². The van der Waals surface area contributed by atoms with E-state index in [1.165, 1.54) is 0 Å². The molecule has 94 valence electrons. The van der Waals surface area contributed by atoms with E-state index in [-0.39, 0.29) is 0 Å². The van der Waals surface area contributed by atoms with Gasteiger partial charge in [-0.3, -0.25) is 0 Å². The fourth-order valence-electron chi connectivity index (χ4n) is 1.56. The second-order valence-corrected chi connectivity index (χ2v) is 4.10. The molecule has 1 aromatic heterocycles. The molecule has 0 saturated carbocycles. The molecule has 0 atom stereocenters. The lowest BCUT2D eigenvalue weighted by atomic mass is 10.2. The highest BCUT2D eigenvalue weighted by Crippen LogP contribution is 2.18. The van der Waals surface area contributed by atoms with E-state index < -0.39 is 0 Å². The largest absolute Gasteiger partial charge is 0.481 e. The summed E-state index contributed by atoms with van der Waals surface area (Å²) < 4.78 is 5.11. The van der Waals surface area contributed by atoms with Gasteiger partial charge in [0.05, 0.1) is 7.11 Å². The predicted octanol–water partition coefficient (Wildman–Crippen LogP) is 3.28. The van der Waals surface area contributed by atoms with Crippen LogP contribution in [0.25, 0.3) is 0 Å². The van der Waals surface area contributed by atoms with Crippen LogP contribution in [0.5, 0.6) is 5.88 Å². The minimum Gasteiger partial charge on any atom is -0.481 e. The van der Waals surface area contributed by atoms with Gasteiger partial charge >= 0.3 is 0 Å². The van der Waals surface area contributed by atoms with Crippen LogP contribution in [0.2, 0.25) is 0 Å². The number of halogens is 1. The van der Waals surface area contributed by atoms with Crippen molar-refractivity contribution in [2.24, 2.45) is 0 Å². The third-order valence-corrected chi connectivity index (χ3v) is 2.69. The van der Waals surface area contributed by atoms with E-state index >= 15 is 0 Å². The van der Waals surface area contributed by atoms with Crippen molar-refractivity contribution in [3.8, 4) is 5.88 Å². The van der Waals surface area contributed by atoms with E-state index in [1.54, 1.807) is 13.2 Å². The van der Waals surface area contributed by atoms with Gasteiger partial charge in [0.1, 0.15) is 0 Å². The van der Waals surface area contributed by atoms with E-state index in [4.69, 9.17) is 16.3 Å². The van der Waals surface area contributed by atoms with Crippen LogP contribution < -0.4 is 10.1 Å². The second-order valence-electron chi connectivity index (χ2n) is 3.83. The number of nitrogens with one attached hydrogen (secondary N) is 1. The third kappa shape index (κ3) is 3.11. The smallest absolute Gasteiger partial charge is 0.230 e. The van der Waals surface area contributed by atoms with Gasteiger partial charge in [-0.1, -0.05) is 12.1 Å². The molecular formula is C13H14ClN3O. The number of aryl methyl sites for hydroxylation is 1. The highest BCUT2D eigenvalue weighted by molar-refractivity contribution is 6.17. The lowest BCUT2D eigenvalue weighted by Crippen LogP contribution is -2.00. The Bertz CT molecular complexity index is 546. The molecule has 0 aliphatic rings. The molecule has 0 unspecified atom stereocenters. The molecule has 0 radical (unpaired) electrons. The molecule has 2 aromatic rings. The summed E-state index contributed by atoms with van der Waals surface area (Å²) in [4.78, 5) is 8.52. The molecule has 0 fully saturated rings. The number of nitrogens with zero attached hydrogens (tertiary/aromatic N) is 2. The zero-order chi connectivity index (χ0) is 13.0. The first-order chi connectivity index (χ1) is 8.71. The Hall–Kier alpha value is -1.81. The van der Waals surface area contributed by atoms with Crippen LogP contribution in [0.15, 0.2) is 30.3 Å². The van der Waals surface area contributed by atoms with Crippen molar-refractivity contribution in [2.45, 2.75) is 12.8 Å². The Labute approximate surface area is 111 Å². The van der Waals surface area contributed by atoms with E-state index in [1.807, 2.05) is 31.2 Å². The number of anilines is 2. The van der Waals surface area contributed by atoms with Gasteiger partial charge in [-0.25, -0.2) is 4.98 Å². The van der Waals surface area contributed by atoms with Gasteiger partial charge in [0, 0.05) is 23.3 Å². The monoisotopic (exact) mass is 263 g/mol. The van der Waals surface area contributed by atoms with Crippen LogP contribution in [-0.4, -0.2) is 17.1 Å². The summed E-state index contributed by atoms with van der Waals surface area (Å²) in [5.41, 5.74) is 2.79. The number of methoxy groups -OCH3 is 1. The maximum atomic E-state index is 5.80. The summed E-state index contributed by atoms with van der Waals surface area (Å²) in [7, 11) is 1.58. The van der Waals surface area contributed by atoms with Gasteiger partial charge in [0.2, 0.25) is 11.8 Å². The molecule has 18 heavy (non-hydrogen) atoms. The van der Waals surface area contributed by atoms with Crippen LogP contribution in [0.3, 0.4) is 0 Å². The number of hydrogen-bond acceptors (Lipinski definition) is 4. The molecule has 1 heterocycles. The molecule has 4 nitrogen and oxygen atoms in total. The molecule has 0 saturated heterocycles. The van der Waals surface area contributed by atoms with Gasteiger partial charge in [0.15, 0.2) is 0 Å². The number of hydrogen-bond donors (Lipinski definition) is 1.